The zero-order valence-corrected chi connectivity index (χ0v) is 18.0. The molecule has 5 nitrogen and oxygen atoms in total. The van der Waals surface area contributed by atoms with E-state index in [1.54, 1.807) is 28.9 Å². The molecule has 156 valence electrons. The number of nitrogens with one attached hydrogen (secondary N) is 1. The molecule has 1 aliphatic heterocycles. The van der Waals surface area contributed by atoms with E-state index in [-0.39, 0.29) is 18.4 Å². The van der Waals surface area contributed by atoms with E-state index in [1.807, 2.05) is 79.1 Å². The number of carbonyl (C=O) groups excluding carboxylic acids is 2. The summed E-state index contributed by atoms with van der Waals surface area (Å²) in [6.45, 7) is 0.574. The summed E-state index contributed by atoms with van der Waals surface area (Å²) in [5, 5.41) is 2.96. The van der Waals surface area contributed by atoms with Crippen molar-refractivity contribution in [3.8, 4) is 0 Å². The highest BCUT2D eigenvalue weighted by Gasteiger charge is 2.34. The SMILES string of the molecule is CSc1ccc(NC(=O)N2CC(=Cc3ccccn3)C(=O)C(c3ccccc3)C2)cc1. The van der Waals surface area contributed by atoms with Gasteiger partial charge in [-0.1, -0.05) is 36.4 Å². The van der Waals surface area contributed by atoms with E-state index < -0.39 is 5.92 Å². The van der Waals surface area contributed by atoms with Crippen molar-refractivity contribution in [3.05, 3.63) is 95.8 Å². The molecule has 1 fully saturated rings. The van der Waals surface area contributed by atoms with Crippen LogP contribution in [0.25, 0.3) is 6.08 Å². The molecule has 2 amide bonds. The third-order valence-electron chi connectivity index (χ3n) is 5.24. The van der Waals surface area contributed by atoms with E-state index in [4.69, 9.17) is 0 Å². The van der Waals surface area contributed by atoms with Crippen molar-refractivity contribution in [3.63, 3.8) is 0 Å². The number of nitrogens with zero attached hydrogens (tertiary/aromatic N) is 2. The molecule has 2 aromatic carbocycles. The molecule has 3 aromatic rings. The number of likely N-dealkylation sites (tertiary alicyclic amines) is 1. The molecule has 0 aliphatic carbocycles. The van der Waals surface area contributed by atoms with Gasteiger partial charge in [0.1, 0.15) is 0 Å². The fraction of sp³-hybridized carbons (Fsp3) is 0.160. The molecule has 0 spiro atoms. The lowest BCUT2D eigenvalue weighted by atomic mass is 9.86. The smallest absolute Gasteiger partial charge is 0.319 e. The van der Waals surface area contributed by atoms with Gasteiger partial charge < -0.3 is 10.2 Å². The lowest BCUT2D eigenvalue weighted by Crippen LogP contribution is -2.46. The van der Waals surface area contributed by atoms with Crippen molar-refractivity contribution in [2.24, 2.45) is 0 Å². The Kier molecular flexibility index (Phi) is 6.48. The first-order chi connectivity index (χ1) is 15.1. The van der Waals surface area contributed by atoms with Gasteiger partial charge in [-0.3, -0.25) is 9.78 Å². The predicted octanol–water partition coefficient (Wildman–Crippen LogP) is 5.09. The number of ketones is 1. The van der Waals surface area contributed by atoms with Crippen LogP contribution in [0.2, 0.25) is 0 Å². The van der Waals surface area contributed by atoms with Gasteiger partial charge in [0.25, 0.3) is 0 Å². The summed E-state index contributed by atoms with van der Waals surface area (Å²) in [4.78, 5) is 33.5. The van der Waals surface area contributed by atoms with Crippen LogP contribution in [0.15, 0.2) is 89.5 Å². The number of hydrogen-bond donors (Lipinski definition) is 1. The number of hydrogen-bond acceptors (Lipinski definition) is 4. The molecule has 31 heavy (non-hydrogen) atoms. The molecule has 1 atom stereocenters. The molecule has 1 unspecified atom stereocenters. The van der Waals surface area contributed by atoms with Gasteiger partial charge in [0, 0.05) is 28.9 Å². The van der Waals surface area contributed by atoms with Crippen LogP contribution in [0.4, 0.5) is 10.5 Å². The molecule has 1 aromatic heterocycles. The number of rotatable bonds is 4. The quantitative estimate of drug-likeness (QED) is 0.464. The van der Waals surface area contributed by atoms with E-state index in [2.05, 4.69) is 10.3 Å². The first-order valence-electron chi connectivity index (χ1n) is 10.0. The van der Waals surface area contributed by atoms with Crippen LogP contribution in [0.5, 0.6) is 0 Å². The number of Topliss-reactive ketones (excluding diaryl/α,β-unsaturated/α-hetero) is 1. The van der Waals surface area contributed by atoms with Crippen molar-refractivity contribution in [2.75, 3.05) is 24.7 Å². The summed E-state index contributed by atoms with van der Waals surface area (Å²) in [6, 6.07) is 22.7. The Morgan fingerprint density at radius 2 is 1.81 bits per heavy atom. The van der Waals surface area contributed by atoms with Crippen LogP contribution < -0.4 is 5.32 Å². The molecular weight excluding hydrogens is 406 g/mol. The summed E-state index contributed by atoms with van der Waals surface area (Å²) >= 11 is 1.65. The van der Waals surface area contributed by atoms with Gasteiger partial charge in [0.05, 0.1) is 18.2 Å². The third kappa shape index (κ3) is 5.03. The second-order valence-corrected chi connectivity index (χ2v) is 8.17. The minimum absolute atomic E-state index is 0.0326. The van der Waals surface area contributed by atoms with Gasteiger partial charge in [-0.15, -0.1) is 11.8 Å². The first-order valence-corrected chi connectivity index (χ1v) is 11.3. The Hall–Kier alpha value is -3.38. The standard InChI is InChI=1S/C25H23N3O2S/c1-31-22-12-10-20(11-13-22)27-25(30)28-16-19(15-21-9-5-6-14-26-21)24(29)23(17-28)18-7-3-2-4-8-18/h2-15,23H,16-17H2,1H3,(H,27,30). The average molecular weight is 430 g/mol. The molecule has 4 rings (SSSR count). The van der Waals surface area contributed by atoms with Crippen molar-refractivity contribution in [1.29, 1.82) is 0 Å². The number of aromatic nitrogens is 1. The molecule has 0 saturated carbocycles. The van der Waals surface area contributed by atoms with E-state index in [0.717, 1.165) is 16.1 Å². The Morgan fingerprint density at radius 1 is 1.06 bits per heavy atom. The summed E-state index contributed by atoms with van der Waals surface area (Å²) in [5.41, 5.74) is 2.91. The van der Waals surface area contributed by atoms with Crippen LogP contribution >= 0.6 is 11.8 Å². The number of pyridine rings is 1. The first kappa shape index (κ1) is 20.9. The topological polar surface area (TPSA) is 62.3 Å². The second kappa shape index (κ2) is 9.62. The van der Waals surface area contributed by atoms with Gasteiger partial charge in [-0.25, -0.2) is 4.79 Å². The second-order valence-electron chi connectivity index (χ2n) is 7.29. The van der Waals surface area contributed by atoms with Crippen molar-refractivity contribution in [1.82, 2.24) is 9.88 Å². The minimum atomic E-state index is -0.408. The molecule has 0 bridgehead atoms. The van der Waals surface area contributed by atoms with E-state index >= 15 is 0 Å². The highest BCUT2D eigenvalue weighted by molar-refractivity contribution is 7.98. The number of anilines is 1. The number of urea groups is 1. The molecular formula is C25H23N3O2S. The lowest BCUT2D eigenvalue weighted by Gasteiger charge is -2.33. The maximum absolute atomic E-state index is 13.3. The summed E-state index contributed by atoms with van der Waals surface area (Å²) < 4.78 is 0. The fourth-order valence-electron chi connectivity index (χ4n) is 3.61. The maximum Gasteiger partial charge on any atom is 0.322 e. The van der Waals surface area contributed by atoms with Crippen molar-refractivity contribution >= 4 is 35.3 Å². The van der Waals surface area contributed by atoms with Crippen molar-refractivity contribution in [2.45, 2.75) is 10.8 Å². The van der Waals surface area contributed by atoms with Crippen molar-refractivity contribution < 1.29 is 9.59 Å². The summed E-state index contributed by atoms with van der Waals surface area (Å²) in [5.74, 6) is -0.375. The highest BCUT2D eigenvalue weighted by Crippen LogP contribution is 2.28. The average Bonchev–Trinajstić information content (AvgIpc) is 2.82. The fourth-order valence-corrected chi connectivity index (χ4v) is 4.01. The van der Waals surface area contributed by atoms with Crippen LogP contribution in [-0.4, -0.2) is 41.0 Å². The molecule has 6 heteroatoms. The normalized spacial score (nSPS) is 17.6. The van der Waals surface area contributed by atoms with Crippen LogP contribution in [0.1, 0.15) is 17.2 Å². The van der Waals surface area contributed by atoms with Gasteiger partial charge in [-0.05, 0) is 54.3 Å². The van der Waals surface area contributed by atoms with Gasteiger partial charge in [0.15, 0.2) is 5.78 Å². The Morgan fingerprint density at radius 3 is 2.48 bits per heavy atom. The van der Waals surface area contributed by atoms with E-state index in [1.165, 1.54) is 0 Å². The third-order valence-corrected chi connectivity index (χ3v) is 5.98. The summed E-state index contributed by atoms with van der Waals surface area (Å²) in [7, 11) is 0. The largest absolute Gasteiger partial charge is 0.322 e. The Labute approximate surface area is 186 Å². The molecule has 2 heterocycles. The van der Waals surface area contributed by atoms with Gasteiger partial charge in [-0.2, -0.15) is 0 Å². The van der Waals surface area contributed by atoms with Crippen LogP contribution in [0, 0.1) is 0 Å². The zero-order chi connectivity index (χ0) is 21.6. The Bertz CT molecular complexity index is 1080. The molecule has 1 aliphatic rings. The number of amides is 2. The van der Waals surface area contributed by atoms with Gasteiger partial charge in [0.2, 0.25) is 0 Å². The number of thioether (sulfide) groups is 1. The van der Waals surface area contributed by atoms with E-state index in [0.29, 0.717) is 17.8 Å². The number of benzene rings is 2. The summed E-state index contributed by atoms with van der Waals surface area (Å²) in [6.07, 6.45) is 5.49. The van der Waals surface area contributed by atoms with Crippen LogP contribution in [0.3, 0.4) is 0 Å². The van der Waals surface area contributed by atoms with Crippen LogP contribution in [-0.2, 0) is 4.79 Å². The molecule has 0 radical (unpaired) electrons. The Balaban J connectivity index is 1.61. The highest BCUT2D eigenvalue weighted by atomic mass is 32.2. The molecule has 1 N–H and O–H groups in total. The number of piperidine rings is 1. The molecule has 1 saturated heterocycles. The van der Waals surface area contributed by atoms with E-state index in [9.17, 15) is 9.59 Å². The van der Waals surface area contributed by atoms with Gasteiger partial charge >= 0.3 is 6.03 Å². The minimum Gasteiger partial charge on any atom is -0.319 e. The number of carbonyl (C=O) groups is 2. The maximum atomic E-state index is 13.3. The zero-order valence-electron chi connectivity index (χ0n) is 17.2. The lowest BCUT2D eigenvalue weighted by molar-refractivity contribution is -0.118. The monoisotopic (exact) mass is 429 g/mol. The predicted molar refractivity (Wildman–Crippen MR) is 125 cm³/mol.